The van der Waals surface area contributed by atoms with Gasteiger partial charge < -0.3 is 9.47 Å². The molecule has 0 bridgehead atoms. The van der Waals surface area contributed by atoms with Crippen LogP contribution in [0.4, 0.5) is 13.2 Å². The maximum atomic E-state index is 12.8. The fourth-order valence-electron chi connectivity index (χ4n) is 1.57. The quantitative estimate of drug-likeness (QED) is 0.714. The van der Waals surface area contributed by atoms with Gasteiger partial charge in [0, 0.05) is 12.0 Å². The molecule has 1 aromatic carbocycles. The zero-order valence-corrected chi connectivity index (χ0v) is 8.71. The minimum Gasteiger partial charge on any atom is -0.490 e. The van der Waals surface area contributed by atoms with E-state index in [1.807, 2.05) is 0 Å². The molecule has 3 nitrogen and oxygen atoms in total. The first kappa shape index (κ1) is 11.8. The number of benzene rings is 1. The van der Waals surface area contributed by atoms with Crippen LogP contribution in [-0.4, -0.2) is 19.5 Å². The zero-order valence-electron chi connectivity index (χ0n) is 8.71. The Morgan fingerprint density at radius 3 is 2.53 bits per heavy atom. The fourth-order valence-corrected chi connectivity index (χ4v) is 1.57. The Morgan fingerprint density at radius 1 is 1.18 bits per heavy atom. The second-order valence-corrected chi connectivity index (χ2v) is 3.56. The Balaban J connectivity index is 2.59. The summed E-state index contributed by atoms with van der Waals surface area (Å²) in [4.78, 5) is 10.6. The van der Waals surface area contributed by atoms with Crippen LogP contribution in [0.15, 0.2) is 12.1 Å². The van der Waals surface area contributed by atoms with Gasteiger partial charge in [-0.25, -0.2) is 0 Å². The van der Waals surface area contributed by atoms with Crippen LogP contribution in [0.3, 0.4) is 0 Å². The first-order valence-electron chi connectivity index (χ1n) is 4.98. The zero-order chi connectivity index (χ0) is 12.5. The molecule has 1 heterocycles. The highest BCUT2D eigenvalue weighted by atomic mass is 19.4. The number of ether oxygens (including phenoxy) is 2. The molecular weight excluding hydrogens is 237 g/mol. The van der Waals surface area contributed by atoms with Crippen molar-refractivity contribution in [1.82, 2.24) is 0 Å². The van der Waals surface area contributed by atoms with Crippen LogP contribution in [0.5, 0.6) is 11.5 Å². The average Bonchev–Trinajstić information content (AvgIpc) is 2.50. The maximum absolute atomic E-state index is 12.8. The van der Waals surface area contributed by atoms with Crippen molar-refractivity contribution in [3.8, 4) is 11.5 Å². The molecule has 0 N–H and O–H groups in total. The molecule has 17 heavy (non-hydrogen) atoms. The molecular formula is C11H9F3O3. The molecule has 6 heteroatoms. The van der Waals surface area contributed by atoms with Gasteiger partial charge in [-0.2, -0.15) is 13.2 Å². The molecule has 0 unspecified atom stereocenters. The first-order valence-corrected chi connectivity index (χ1v) is 4.98. The average molecular weight is 246 g/mol. The molecule has 0 aliphatic carbocycles. The molecule has 0 atom stereocenters. The van der Waals surface area contributed by atoms with Gasteiger partial charge in [-0.3, -0.25) is 4.79 Å². The minimum atomic E-state index is -4.57. The van der Waals surface area contributed by atoms with E-state index in [-0.39, 0.29) is 30.3 Å². The third-order valence-electron chi connectivity index (χ3n) is 2.31. The molecule has 0 amide bonds. The van der Waals surface area contributed by atoms with Crippen LogP contribution in [0, 0.1) is 0 Å². The van der Waals surface area contributed by atoms with Crippen LogP contribution in [0.1, 0.15) is 22.3 Å². The van der Waals surface area contributed by atoms with Crippen LogP contribution in [0.25, 0.3) is 0 Å². The third-order valence-corrected chi connectivity index (χ3v) is 2.31. The first-order chi connectivity index (χ1) is 8.02. The SMILES string of the molecule is O=Cc1cc2c(c(C(F)(F)F)c1)OCCCO2. The molecule has 0 fully saturated rings. The predicted molar refractivity (Wildman–Crippen MR) is 52.4 cm³/mol. The van der Waals surface area contributed by atoms with E-state index in [1.165, 1.54) is 6.07 Å². The van der Waals surface area contributed by atoms with E-state index in [0.717, 1.165) is 6.07 Å². The van der Waals surface area contributed by atoms with Crippen molar-refractivity contribution in [2.75, 3.05) is 13.2 Å². The number of rotatable bonds is 1. The van der Waals surface area contributed by atoms with Crippen molar-refractivity contribution in [3.05, 3.63) is 23.3 Å². The number of carbonyl (C=O) groups excluding carboxylic acids is 1. The number of fused-ring (bicyclic) bond motifs is 1. The van der Waals surface area contributed by atoms with E-state index in [2.05, 4.69) is 0 Å². The van der Waals surface area contributed by atoms with Crippen LogP contribution in [-0.2, 0) is 6.18 Å². The molecule has 1 aliphatic heterocycles. The molecule has 1 aliphatic rings. The van der Waals surface area contributed by atoms with Gasteiger partial charge in [-0.05, 0) is 12.1 Å². The van der Waals surface area contributed by atoms with Gasteiger partial charge in [0.2, 0.25) is 0 Å². The topological polar surface area (TPSA) is 35.5 Å². The summed E-state index contributed by atoms with van der Waals surface area (Å²) < 4.78 is 48.5. The van der Waals surface area contributed by atoms with E-state index >= 15 is 0 Å². The van der Waals surface area contributed by atoms with Crippen LogP contribution < -0.4 is 9.47 Å². The lowest BCUT2D eigenvalue weighted by Crippen LogP contribution is -2.09. The normalized spacial score (nSPS) is 15.2. The summed E-state index contributed by atoms with van der Waals surface area (Å²) in [6.45, 7) is 0.434. The maximum Gasteiger partial charge on any atom is 0.420 e. The summed E-state index contributed by atoms with van der Waals surface area (Å²) in [6.07, 6.45) is -3.72. The van der Waals surface area contributed by atoms with Crippen molar-refractivity contribution in [2.24, 2.45) is 0 Å². The molecule has 0 saturated carbocycles. The Hall–Kier alpha value is -1.72. The number of hydrogen-bond donors (Lipinski definition) is 0. The molecule has 1 aromatic rings. The van der Waals surface area contributed by atoms with Gasteiger partial charge in [-0.15, -0.1) is 0 Å². The van der Waals surface area contributed by atoms with Gasteiger partial charge in [0.25, 0.3) is 0 Å². The van der Waals surface area contributed by atoms with Crippen molar-refractivity contribution in [1.29, 1.82) is 0 Å². The number of hydrogen-bond acceptors (Lipinski definition) is 3. The highest BCUT2D eigenvalue weighted by Crippen LogP contribution is 2.43. The van der Waals surface area contributed by atoms with E-state index in [1.54, 1.807) is 0 Å². The number of carbonyl (C=O) groups is 1. The second-order valence-electron chi connectivity index (χ2n) is 3.56. The summed E-state index contributed by atoms with van der Waals surface area (Å²) in [5.74, 6) is -0.361. The third kappa shape index (κ3) is 2.35. The number of alkyl halides is 3. The summed E-state index contributed by atoms with van der Waals surface area (Å²) in [5, 5.41) is 0. The Morgan fingerprint density at radius 2 is 1.88 bits per heavy atom. The van der Waals surface area contributed by atoms with E-state index in [9.17, 15) is 18.0 Å². The highest BCUT2D eigenvalue weighted by molar-refractivity contribution is 5.77. The summed E-state index contributed by atoms with van der Waals surface area (Å²) in [5.41, 5.74) is -1.06. The van der Waals surface area contributed by atoms with Gasteiger partial charge in [0.15, 0.2) is 11.5 Å². The van der Waals surface area contributed by atoms with E-state index < -0.39 is 11.7 Å². The van der Waals surface area contributed by atoms with Crippen molar-refractivity contribution in [2.45, 2.75) is 12.6 Å². The standard InChI is InChI=1S/C11H9F3O3/c12-11(13,14)8-4-7(6-15)5-9-10(8)17-3-1-2-16-9/h4-6H,1-3H2. The smallest absolute Gasteiger partial charge is 0.420 e. The monoisotopic (exact) mass is 246 g/mol. The molecule has 2 rings (SSSR count). The van der Waals surface area contributed by atoms with E-state index in [0.29, 0.717) is 12.7 Å². The molecule has 0 radical (unpaired) electrons. The Labute approximate surface area is 95.1 Å². The van der Waals surface area contributed by atoms with Gasteiger partial charge in [0.05, 0.1) is 13.2 Å². The van der Waals surface area contributed by atoms with Gasteiger partial charge in [0.1, 0.15) is 11.8 Å². The summed E-state index contributed by atoms with van der Waals surface area (Å²) in [6, 6.07) is 2.02. The van der Waals surface area contributed by atoms with Crippen LogP contribution >= 0.6 is 0 Å². The van der Waals surface area contributed by atoms with Crippen molar-refractivity contribution < 1.29 is 27.4 Å². The number of halogens is 3. The number of aldehydes is 1. The Bertz CT molecular complexity index is 440. The lowest BCUT2D eigenvalue weighted by atomic mass is 10.1. The van der Waals surface area contributed by atoms with Crippen molar-refractivity contribution in [3.63, 3.8) is 0 Å². The Kier molecular flexibility index (Phi) is 2.95. The van der Waals surface area contributed by atoms with Gasteiger partial charge >= 0.3 is 6.18 Å². The van der Waals surface area contributed by atoms with E-state index in [4.69, 9.17) is 9.47 Å². The largest absolute Gasteiger partial charge is 0.490 e. The highest BCUT2D eigenvalue weighted by Gasteiger charge is 2.37. The molecule has 0 spiro atoms. The lowest BCUT2D eigenvalue weighted by molar-refractivity contribution is -0.139. The van der Waals surface area contributed by atoms with Crippen LogP contribution in [0.2, 0.25) is 0 Å². The second kappa shape index (κ2) is 4.27. The molecule has 92 valence electrons. The predicted octanol–water partition coefficient (Wildman–Crippen LogP) is 2.68. The lowest BCUT2D eigenvalue weighted by Gasteiger charge is -2.15. The minimum absolute atomic E-state index is 0.0283. The van der Waals surface area contributed by atoms with Crippen molar-refractivity contribution >= 4 is 6.29 Å². The fraction of sp³-hybridized carbons (Fsp3) is 0.364. The molecule has 0 aromatic heterocycles. The summed E-state index contributed by atoms with van der Waals surface area (Å²) in [7, 11) is 0. The van der Waals surface area contributed by atoms with Gasteiger partial charge in [-0.1, -0.05) is 0 Å². The molecule has 0 saturated heterocycles. The summed E-state index contributed by atoms with van der Waals surface area (Å²) >= 11 is 0.